The van der Waals surface area contributed by atoms with Gasteiger partial charge in [-0.2, -0.15) is 0 Å². The maximum absolute atomic E-state index is 11.4. The number of anilines is 1. The molecule has 0 atom stereocenters. The molecule has 0 fully saturated rings. The Labute approximate surface area is 87.0 Å². The molecule has 0 saturated heterocycles. The minimum absolute atomic E-state index is 0.0856. The standard InChI is InChI=1S/C9H12N2O4/c1-13-7-5(10)4-11-8(14-2)6(7)9(12)15-3/h4H,10H2,1-3H3. The van der Waals surface area contributed by atoms with Gasteiger partial charge in [0.05, 0.1) is 33.2 Å². The van der Waals surface area contributed by atoms with Crippen LogP contribution in [0.2, 0.25) is 0 Å². The van der Waals surface area contributed by atoms with Gasteiger partial charge in [-0.05, 0) is 0 Å². The van der Waals surface area contributed by atoms with Crippen molar-refractivity contribution in [1.82, 2.24) is 4.98 Å². The molecule has 82 valence electrons. The molecule has 0 aliphatic heterocycles. The fourth-order valence-electron chi connectivity index (χ4n) is 1.15. The minimum Gasteiger partial charge on any atom is -0.493 e. The Kier molecular flexibility index (Phi) is 3.33. The third-order valence-corrected chi connectivity index (χ3v) is 1.81. The van der Waals surface area contributed by atoms with Crippen molar-refractivity contribution < 1.29 is 19.0 Å². The predicted molar refractivity (Wildman–Crippen MR) is 53.1 cm³/mol. The second-order valence-electron chi connectivity index (χ2n) is 2.62. The molecule has 1 heterocycles. The van der Waals surface area contributed by atoms with E-state index < -0.39 is 5.97 Å². The monoisotopic (exact) mass is 212 g/mol. The Morgan fingerprint density at radius 1 is 1.33 bits per heavy atom. The van der Waals surface area contributed by atoms with Crippen LogP contribution in [0.4, 0.5) is 5.69 Å². The van der Waals surface area contributed by atoms with Gasteiger partial charge in [0.25, 0.3) is 0 Å². The van der Waals surface area contributed by atoms with E-state index >= 15 is 0 Å². The Hall–Kier alpha value is -1.98. The van der Waals surface area contributed by atoms with Crippen molar-refractivity contribution in [2.24, 2.45) is 0 Å². The third-order valence-electron chi connectivity index (χ3n) is 1.81. The number of pyridine rings is 1. The quantitative estimate of drug-likeness (QED) is 0.733. The maximum Gasteiger partial charge on any atom is 0.347 e. The van der Waals surface area contributed by atoms with E-state index in [2.05, 4.69) is 9.72 Å². The summed E-state index contributed by atoms with van der Waals surface area (Å²) < 4.78 is 14.5. The topological polar surface area (TPSA) is 83.7 Å². The van der Waals surface area contributed by atoms with Gasteiger partial charge in [0, 0.05) is 0 Å². The fraction of sp³-hybridized carbons (Fsp3) is 0.333. The van der Waals surface area contributed by atoms with Crippen molar-refractivity contribution in [1.29, 1.82) is 0 Å². The van der Waals surface area contributed by atoms with Crippen LogP contribution in [0.25, 0.3) is 0 Å². The maximum atomic E-state index is 11.4. The summed E-state index contributed by atoms with van der Waals surface area (Å²) in [6, 6.07) is 0. The summed E-state index contributed by atoms with van der Waals surface area (Å²) in [6.45, 7) is 0. The van der Waals surface area contributed by atoms with E-state index in [4.69, 9.17) is 15.2 Å². The van der Waals surface area contributed by atoms with Crippen LogP contribution < -0.4 is 15.2 Å². The molecule has 2 N–H and O–H groups in total. The number of ether oxygens (including phenoxy) is 3. The van der Waals surface area contributed by atoms with Gasteiger partial charge < -0.3 is 19.9 Å². The van der Waals surface area contributed by atoms with Crippen LogP contribution in [0.1, 0.15) is 10.4 Å². The van der Waals surface area contributed by atoms with Crippen molar-refractivity contribution in [2.75, 3.05) is 27.1 Å². The number of nitrogen functional groups attached to an aromatic ring is 1. The number of carbonyl (C=O) groups is 1. The number of carbonyl (C=O) groups excluding carboxylic acids is 1. The highest BCUT2D eigenvalue weighted by Crippen LogP contribution is 2.32. The van der Waals surface area contributed by atoms with Gasteiger partial charge in [-0.15, -0.1) is 0 Å². The second-order valence-corrected chi connectivity index (χ2v) is 2.62. The van der Waals surface area contributed by atoms with Crippen molar-refractivity contribution in [3.8, 4) is 11.6 Å². The van der Waals surface area contributed by atoms with Crippen LogP contribution in [0.5, 0.6) is 11.6 Å². The fourth-order valence-corrected chi connectivity index (χ4v) is 1.15. The number of rotatable bonds is 3. The highest BCUT2D eigenvalue weighted by atomic mass is 16.5. The summed E-state index contributed by atoms with van der Waals surface area (Å²) in [5.41, 5.74) is 5.93. The SMILES string of the molecule is COC(=O)c1c(OC)ncc(N)c1OC. The molecule has 6 heteroatoms. The Balaban J connectivity index is 3.40. The van der Waals surface area contributed by atoms with Crippen LogP contribution in [-0.4, -0.2) is 32.3 Å². The molecular formula is C9H12N2O4. The first kappa shape index (κ1) is 11.1. The van der Waals surface area contributed by atoms with E-state index in [9.17, 15) is 4.79 Å². The molecule has 0 aromatic carbocycles. The van der Waals surface area contributed by atoms with Gasteiger partial charge in [0.2, 0.25) is 5.88 Å². The van der Waals surface area contributed by atoms with Crippen molar-refractivity contribution >= 4 is 11.7 Å². The number of esters is 1. The van der Waals surface area contributed by atoms with Crippen molar-refractivity contribution in [2.45, 2.75) is 0 Å². The lowest BCUT2D eigenvalue weighted by Gasteiger charge is -2.11. The van der Waals surface area contributed by atoms with Crippen LogP contribution in [0.15, 0.2) is 6.20 Å². The first-order valence-corrected chi connectivity index (χ1v) is 4.10. The zero-order chi connectivity index (χ0) is 11.4. The number of nitrogens with zero attached hydrogens (tertiary/aromatic N) is 1. The summed E-state index contributed by atoms with van der Waals surface area (Å²) in [7, 11) is 4.05. The molecule has 0 aliphatic carbocycles. The Bertz CT molecular complexity index is 379. The summed E-state index contributed by atoms with van der Waals surface area (Å²) in [6.07, 6.45) is 1.35. The molecular weight excluding hydrogens is 200 g/mol. The smallest absolute Gasteiger partial charge is 0.347 e. The summed E-state index contributed by atoms with van der Waals surface area (Å²) in [5.74, 6) is -0.287. The largest absolute Gasteiger partial charge is 0.493 e. The Morgan fingerprint density at radius 2 is 2.00 bits per heavy atom. The zero-order valence-electron chi connectivity index (χ0n) is 8.73. The molecule has 1 aromatic rings. The van der Waals surface area contributed by atoms with Gasteiger partial charge >= 0.3 is 5.97 Å². The number of methoxy groups -OCH3 is 3. The van der Waals surface area contributed by atoms with Crippen LogP contribution in [0, 0.1) is 0 Å². The highest BCUT2D eigenvalue weighted by molar-refractivity contribution is 5.96. The summed E-state index contributed by atoms with van der Waals surface area (Å²) in [5, 5.41) is 0. The normalized spacial score (nSPS) is 9.53. The minimum atomic E-state index is -0.608. The third kappa shape index (κ3) is 1.93. The van der Waals surface area contributed by atoms with E-state index in [0.717, 1.165) is 0 Å². The number of hydrogen-bond acceptors (Lipinski definition) is 6. The van der Waals surface area contributed by atoms with E-state index in [-0.39, 0.29) is 22.9 Å². The average Bonchev–Trinajstić information content (AvgIpc) is 2.27. The van der Waals surface area contributed by atoms with Crippen molar-refractivity contribution in [3.63, 3.8) is 0 Å². The Morgan fingerprint density at radius 3 is 2.47 bits per heavy atom. The van der Waals surface area contributed by atoms with Crippen LogP contribution in [-0.2, 0) is 4.74 Å². The van der Waals surface area contributed by atoms with E-state index in [1.54, 1.807) is 0 Å². The van der Waals surface area contributed by atoms with E-state index in [0.29, 0.717) is 0 Å². The summed E-state index contributed by atoms with van der Waals surface area (Å²) in [4.78, 5) is 15.3. The number of aromatic nitrogens is 1. The molecule has 0 radical (unpaired) electrons. The molecule has 0 spiro atoms. The molecule has 15 heavy (non-hydrogen) atoms. The van der Waals surface area contributed by atoms with Gasteiger partial charge in [0.1, 0.15) is 0 Å². The van der Waals surface area contributed by atoms with Crippen LogP contribution in [0.3, 0.4) is 0 Å². The number of hydrogen-bond donors (Lipinski definition) is 1. The van der Waals surface area contributed by atoms with Crippen molar-refractivity contribution in [3.05, 3.63) is 11.8 Å². The predicted octanol–water partition coefficient (Wildman–Crippen LogP) is 0.468. The lowest BCUT2D eigenvalue weighted by molar-refractivity contribution is 0.0592. The molecule has 0 amide bonds. The lowest BCUT2D eigenvalue weighted by Crippen LogP contribution is -2.09. The van der Waals surface area contributed by atoms with Gasteiger partial charge in [0.15, 0.2) is 11.3 Å². The first-order chi connectivity index (χ1) is 7.15. The second kappa shape index (κ2) is 4.50. The van der Waals surface area contributed by atoms with Crippen LogP contribution >= 0.6 is 0 Å². The lowest BCUT2D eigenvalue weighted by atomic mass is 10.2. The highest BCUT2D eigenvalue weighted by Gasteiger charge is 2.22. The molecule has 0 saturated carbocycles. The van der Waals surface area contributed by atoms with Gasteiger partial charge in [-0.25, -0.2) is 9.78 Å². The molecule has 1 aromatic heterocycles. The van der Waals surface area contributed by atoms with Gasteiger partial charge in [-0.1, -0.05) is 0 Å². The number of nitrogens with two attached hydrogens (primary N) is 1. The molecule has 6 nitrogen and oxygen atoms in total. The summed E-state index contributed by atoms with van der Waals surface area (Å²) >= 11 is 0. The molecule has 1 rings (SSSR count). The molecule has 0 unspecified atom stereocenters. The van der Waals surface area contributed by atoms with E-state index in [1.807, 2.05) is 0 Å². The average molecular weight is 212 g/mol. The molecule has 0 bridgehead atoms. The zero-order valence-corrected chi connectivity index (χ0v) is 8.73. The van der Waals surface area contributed by atoms with Gasteiger partial charge in [-0.3, -0.25) is 0 Å². The van der Waals surface area contributed by atoms with E-state index in [1.165, 1.54) is 27.5 Å². The first-order valence-electron chi connectivity index (χ1n) is 4.10. The molecule has 0 aliphatic rings.